The van der Waals surface area contributed by atoms with Crippen molar-refractivity contribution in [2.45, 2.75) is 6.92 Å². The molecule has 30 heavy (non-hydrogen) atoms. The van der Waals surface area contributed by atoms with E-state index in [4.69, 9.17) is 16.0 Å². The number of hydrogen-bond acceptors (Lipinski definition) is 4. The highest BCUT2D eigenvalue weighted by Crippen LogP contribution is 2.28. The molecular weight excluding hydrogens is 400 g/mol. The highest BCUT2D eigenvalue weighted by Gasteiger charge is 2.20. The molecule has 146 valence electrons. The Morgan fingerprint density at radius 2 is 1.60 bits per heavy atom. The zero-order valence-electron chi connectivity index (χ0n) is 15.9. The van der Waals surface area contributed by atoms with Crippen LogP contribution in [0, 0.1) is 6.92 Å². The molecule has 0 amide bonds. The number of fused-ring (bicyclic) bond motifs is 2. The lowest BCUT2D eigenvalue weighted by Crippen LogP contribution is -2.26. The van der Waals surface area contributed by atoms with Crippen molar-refractivity contribution in [2.24, 2.45) is 0 Å². The summed E-state index contributed by atoms with van der Waals surface area (Å²) in [5.41, 5.74) is 1.65. The Morgan fingerprint density at radius 1 is 0.900 bits per heavy atom. The Hall–Kier alpha value is -3.70. The van der Waals surface area contributed by atoms with E-state index < -0.39 is 11.0 Å². The van der Waals surface area contributed by atoms with Crippen LogP contribution in [0.2, 0.25) is 5.02 Å². The molecule has 0 radical (unpaired) electrons. The lowest BCUT2D eigenvalue weighted by molar-refractivity contribution is 0.641. The summed E-state index contributed by atoms with van der Waals surface area (Å²) in [7, 11) is 0. The number of para-hydroxylation sites is 1. The van der Waals surface area contributed by atoms with Crippen LogP contribution in [0.15, 0.2) is 86.8 Å². The van der Waals surface area contributed by atoms with Crippen molar-refractivity contribution in [3.05, 3.63) is 104 Å². The second-order valence-electron chi connectivity index (χ2n) is 7.00. The molecule has 0 fully saturated rings. The summed E-state index contributed by atoms with van der Waals surface area (Å²) in [6.45, 7) is 1.96. The standard InChI is InChI=1S/C24H15ClN2O3/c1-14-10-12-15(13-11-14)27-22(16-6-2-4-8-18(16)25)26-23-20(24(27)29)21(28)17-7-3-5-9-19(17)30-23/h2-13H,1H3. The van der Waals surface area contributed by atoms with Gasteiger partial charge in [0.2, 0.25) is 11.1 Å². The van der Waals surface area contributed by atoms with E-state index in [0.717, 1.165) is 5.56 Å². The quantitative estimate of drug-likeness (QED) is 0.376. The van der Waals surface area contributed by atoms with Gasteiger partial charge in [-0.1, -0.05) is 53.6 Å². The first-order chi connectivity index (χ1) is 14.5. The first kappa shape index (κ1) is 18.3. The van der Waals surface area contributed by atoms with Gasteiger partial charge < -0.3 is 4.42 Å². The SMILES string of the molecule is Cc1ccc(-n2c(-c3ccccc3Cl)nc3oc4ccccc4c(=O)c3c2=O)cc1. The normalized spacial score (nSPS) is 11.3. The van der Waals surface area contributed by atoms with Gasteiger partial charge in [-0.3, -0.25) is 14.2 Å². The zero-order valence-corrected chi connectivity index (χ0v) is 16.7. The van der Waals surface area contributed by atoms with Crippen LogP contribution in [0.4, 0.5) is 0 Å². The van der Waals surface area contributed by atoms with Crippen molar-refractivity contribution in [3.8, 4) is 17.1 Å². The minimum atomic E-state index is -0.502. The first-order valence-electron chi connectivity index (χ1n) is 9.35. The third-order valence-corrected chi connectivity index (χ3v) is 5.35. The fourth-order valence-corrected chi connectivity index (χ4v) is 3.73. The van der Waals surface area contributed by atoms with E-state index in [-0.39, 0.29) is 11.1 Å². The van der Waals surface area contributed by atoms with E-state index in [1.807, 2.05) is 37.3 Å². The summed E-state index contributed by atoms with van der Waals surface area (Å²) < 4.78 is 7.26. The summed E-state index contributed by atoms with van der Waals surface area (Å²) >= 11 is 6.43. The van der Waals surface area contributed by atoms with E-state index in [0.29, 0.717) is 33.1 Å². The maximum Gasteiger partial charge on any atom is 0.273 e. The summed E-state index contributed by atoms with van der Waals surface area (Å²) in [6.07, 6.45) is 0. The van der Waals surface area contributed by atoms with Gasteiger partial charge in [0.15, 0.2) is 11.2 Å². The van der Waals surface area contributed by atoms with Crippen molar-refractivity contribution < 1.29 is 4.42 Å². The smallest absolute Gasteiger partial charge is 0.273 e. The average molecular weight is 415 g/mol. The van der Waals surface area contributed by atoms with Gasteiger partial charge in [-0.05, 0) is 43.3 Å². The molecule has 0 bridgehead atoms. The molecule has 0 aliphatic heterocycles. The van der Waals surface area contributed by atoms with Crippen molar-refractivity contribution in [3.63, 3.8) is 0 Å². The molecule has 0 unspecified atom stereocenters. The molecular formula is C24H15ClN2O3. The Bertz CT molecular complexity index is 1550. The van der Waals surface area contributed by atoms with Gasteiger partial charge in [0.1, 0.15) is 5.58 Å². The number of aryl methyl sites for hydroxylation is 1. The first-order valence-corrected chi connectivity index (χ1v) is 9.73. The number of hydrogen-bond donors (Lipinski definition) is 0. The fourth-order valence-electron chi connectivity index (χ4n) is 3.51. The van der Waals surface area contributed by atoms with E-state index in [1.54, 1.807) is 42.5 Å². The van der Waals surface area contributed by atoms with Crippen LogP contribution in [0.25, 0.3) is 39.1 Å². The lowest BCUT2D eigenvalue weighted by Gasteiger charge is -2.14. The highest BCUT2D eigenvalue weighted by molar-refractivity contribution is 6.33. The lowest BCUT2D eigenvalue weighted by atomic mass is 10.1. The number of nitrogens with zero attached hydrogens (tertiary/aromatic N) is 2. The number of halogens is 1. The minimum absolute atomic E-state index is 0.0121. The summed E-state index contributed by atoms with van der Waals surface area (Å²) in [5, 5.41) is 0.683. The third kappa shape index (κ3) is 2.83. The summed E-state index contributed by atoms with van der Waals surface area (Å²) in [5.74, 6) is 0.306. The summed E-state index contributed by atoms with van der Waals surface area (Å²) in [4.78, 5) is 31.3. The van der Waals surface area contributed by atoms with Crippen molar-refractivity contribution in [1.29, 1.82) is 0 Å². The van der Waals surface area contributed by atoms with Gasteiger partial charge in [-0.15, -0.1) is 0 Å². The van der Waals surface area contributed by atoms with E-state index in [2.05, 4.69) is 4.98 Å². The van der Waals surface area contributed by atoms with Crippen LogP contribution >= 0.6 is 11.6 Å². The molecule has 5 aromatic rings. The predicted octanol–water partition coefficient (Wildman–Crippen LogP) is 5.12. The zero-order chi connectivity index (χ0) is 20.8. The Kier molecular flexibility index (Phi) is 4.26. The predicted molar refractivity (Wildman–Crippen MR) is 119 cm³/mol. The number of rotatable bonds is 2. The van der Waals surface area contributed by atoms with Crippen LogP contribution in [0.1, 0.15) is 5.56 Å². The average Bonchev–Trinajstić information content (AvgIpc) is 2.75. The van der Waals surface area contributed by atoms with Crippen LogP contribution in [-0.4, -0.2) is 9.55 Å². The van der Waals surface area contributed by atoms with Crippen molar-refractivity contribution >= 4 is 33.7 Å². The van der Waals surface area contributed by atoms with Crippen molar-refractivity contribution in [1.82, 2.24) is 9.55 Å². The molecule has 0 N–H and O–H groups in total. The van der Waals surface area contributed by atoms with Crippen LogP contribution < -0.4 is 11.0 Å². The fraction of sp³-hybridized carbons (Fsp3) is 0.0417. The van der Waals surface area contributed by atoms with Crippen LogP contribution in [-0.2, 0) is 0 Å². The molecule has 5 rings (SSSR count). The molecule has 0 atom stereocenters. The van der Waals surface area contributed by atoms with Gasteiger partial charge in [-0.2, -0.15) is 4.98 Å². The molecule has 0 spiro atoms. The molecule has 0 saturated carbocycles. The van der Waals surface area contributed by atoms with Crippen molar-refractivity contribution in [2.75, 3.05) is 0 Å². The van der Waals surface area contributed by atoms with Gasteiger partial charge in [0.25, 0.3) is 5.56 Å². The molecule has 2 heterocycles. The second kappa shape index (κ2) is 6.97. The van der Waals surface area contributed by atoms with Gasteiger partial charge in [-0.25, -0.2) is 0 Å². The molecule has 6 heteroatoms. The van der Waals surface area contributed by atoms with E-state index >= 15 is 0 Å². The monoisotopic (exact) mass is 414 g/mol. The second-order valence-corrected chi connectivity index (χ2v) is 7.41. The highest BCUT2D eigenvalue weighted by atomic mass is 35.5. The minimum Gasteiger partial charge on any atom is -0.437 e. The van der Waals surface area contributed by atoms with E-state index in [9.17, 15) is 9.59 Å². The maximum atomic E-state index is 13.6. The molecule has 0 saturated heterocycles. The number of aromatic nitrogens is 2. The topological polar surface area (TPSA) is 65.1 Å². The van der Waals surface area contributed by atoms with Crippen LogP contribution in [0.3, 0.4) is 0 Å². The number of benzene rings is 3. The molecule has 0 aliphatic carbocycles. The van der Waals surface area contributed by atoms with E-state index in [1.165, 1.54) is 4.57 Å². The van der Waals surface area contributed by atoms with Crippen LogP contribution in [0.5, 0.6) is 0 Å². The Balaban J connectivity index is 1.99. The van der Waals surface area contributed by atoms with Gasteiger partial charge >= 0.3 is 0 Å². The van der Waals surface area contributed by atoms with Gasteiger partial charge in [0, 0.05) is 5.56 Å². The Morgan fingerprint density at radius 3 is 2.37 bits per heavy atom. The molecule has 3 aromatic carbocycles. The molecule has 0 aliphatic rings. The third-order valence-electron chi connectivity index (χ3n) is 5.02. The largest absolute Gasteiger partial charge is 0.437 e. The molecule has 5 nitrogen and oxygen atoms in total. The maximum absolute atomic E-state index is 13.6. The summed E-state index contributed by atoms with van der Waals surface area (Å²) in [6, 6.07) is 21.3. The van der Waals surface area contributed by atoms with Gasteiger partial charge in [0.05, 0.1) is 16.1 Å². The molecule has 2 aromatic heterocycles. The Labute approximate surface area is 175 Å².